The molecule has 1 aliphatic carbocycles. The average molecular weight is 331 g/mol. The third-order valence-electron chi connectivity index (χ3n) is 4.00. The molecule has 25 heavy (non-hydrogen) atoms. The molecule has 1 aliphatic rings. The minimum Gasteiger partial charge on any atom is -0.440 e. The van der Waals surface area contributed by atoms with Crippen LogP contribution in [0.15, 0.2) is 65.5 Å². The van der Waals surface area contributed by atoms with E-state index >= 15 is 0 Å². The number of oxazole rings is 1. The number of pyridine rings is 1. The van der Waals surface area contributed by atoms with Gasteiger partial charge in [0, 0.05) is 35.6 Å². The number of aromatic nitrogens is 2. The molecule has 1 fully saturated rings. The van der Waals surface area contributed by atoms with Crippen LogP contribution < -0.4 is 5.32 Å². The summed E-state index contributed by atoms with van der Waals surface area (Å²) in [6.45, 7) is 0. The normalized spacial score (nSPS) is 13.9. The molecule has 0 atom stereocenters. The van der Waals surface area contributed by atoms with Crippen molar-refractivity contribution in [1.29, 1.82) is 0 Å². The van der Waals surface area contributed by atoms with Crippen molar-refractivity contribution in [3.05, 3.63) is 72.5 Å². The number of carbonyl (C=O) groups is 1. The van der Waals surface area contributed by atoms with Crippen molar-refractivity contribution in [2.45, 2.75) is 18.8 Å². The monoisotopic (exact) mass is 331 g/mol. The van der Waals surface area contributed by atoms with E-state index in [1.807, 2.05) is 36.4 Å². The Morgan fingerprint density at radius 2 is 2.00 bits per heavy atom. The minimum absolute atomic E-state index is 0.188. The number of hydrogen-bond acceptors (Lipinski definition) is 4. The predicted octanol–water partition coefficient (Wildman–Crippen LogP) is 4.27. The first kappa shape index (κ1) is 15.3. The lowest BCUT2D eigenvalue weighted by molar-refractivity contribution is -0.111. The van der Waals surface area contributed by atoms with Gasteiger partial charge >= 0.3 is 0 Å². The number of rotatable bonds is 5. The van der Waals surface area contributed by atoms with Crippen LogP contribution in [0.2, 0.25) is 0 Å². The number of carbonyl (C=O) groups excluding carboxylic acids is 1. The van der Waals surface area contributed by atoms with E-state index in [1.54, 1.807) is 24.7 Å². The summed E-state index contributed by atoms with van der Waals surface area (Å²) in [6, 6.07) is 11.2. The molecule has 4 rings (SSSR count). The largest absolute Gasteiger partial charge is 0.440 e. The number of nitrogens with zero attached hydrogens (tertiary/aromatic N) is 2. The second-order valence-electron chi connectivity index (χ2n) is 6.02. The van der Waals surface area contributed by atoms with Gasteiger partial charge in [-0.05, 0) is 54.8 Å². The van der Waals surface area contributed by atoms with Gasteiger partial charge < -0.3 is 9.73 Å². The van der Waals surface area contributed by atoms with E-state index in [9.17, 15) is 4.79 Å². The van der Waals surface area contributed by atoms with E-state index in [2.05, 4.69) is 15.3 Å². The number of anilines is 1. The second-order valence-corrected chi connectivity index (χ2v) is 6.02. The van der Waals surface area contributed by atoms with Crippen LogP contribution in [0, 0.1) is 0 Å². The lowest BCUT2D eigenvalue weighted by Crippen LogP contribution is -2.07. The van der Waals surface area contributed by atoms with Gasteiger partial charge in [0.15, 0.2) is 11.7 Å². The molecule has 2 heterocycles. The van der Waals surface area contributed by atoms with Crippen LogP contribution in [0.25, 0.3) is 17.4 Å². The number of benzene rings is 1. The summed E-state index contributed by atoms with van der Waals surface area (Å²) >= 11 is 0. The van der Waals surface area contributed by atoms with Gasteiger partial charge in [-0.3, -0.25) is 9.78 Å². The van der Waals surface area contributed by atoms with Gasteiger partial charge in [-0.15, -0.1) is 0 Å². The summed E-state index contributed by atoms with van der Waals surface area (Å²) in [7, 11) is 0. The van der Waals surface area contributed by atoms with Crippen molar-refractivity contribution in [3.8, 4) is 11.3 Å². The van der Waals surface area contributed by atoms with E-state index in [1.165, 1.54) is 6.08 Å². The van der Waals surface area contributed by atoms with Gasteiger partial charge in [0.2, 0.25) is 5.91 Å². The highest BCUT2D eigenvalue weighted by atomic mass is 16.4. The first-order valence-corrected chi connectivity index (χ1v) is 8.23. The fraction of sp³-hybridized carbons (Fsp3) is 0.150. The van der Waals surface area contributed by atoms with Gasteiger partial charge in [-0.25, -0.2) is 4.98 Å². The predicted molar refractivity (Wildman–Crippen MR) is 95.8 cm³/mol. The van der Waals surface area contributed by atoms with Crippen molar-refractivity contribution in [2.24, 2.45) is 0 Å². The molecular formula is C20H17N3O2. The Bertz CT molecular complexity index is 894. The SMILES string of the molecule is O=C(/C=C/c1cccnc1)Nc1ccc(-c2cnc(C3CC3)o2)cc1. The zero-order valence-corrected chi connectivity index (χ0v) is 13.6. The highest BCUT2D eigenvalue weighted by Crippen LogP contribution is 2.40. The molecule has 124 valence electrons. The third-order valence-corrected chi connectivity index (χ3v) is 4.00. The first-order chi connectivity index (χ1) is 12.3. The molecule has 0 saturated heterocycles. The van der Waals surface area contributed by atoms with Crippen LogP contribution >= 0.6 is 0 Å². The van der Waals surface area contributed by atoms with Crippen LogP contribution in [0.3, 0.4) is 0 Å². The Hall–Kier alpha value is -3.21. The van der Waals surface area contributed by atoms with Crippen LogP contribution in [0.4, 0.5) is 5.69 Å². The molecular weight excluding hydrogens is 314 g/mol. The van der Waals surface area contributed by atoms with Gasteiger partial charge in [-0.2, -0.15) is 0 Å². The van der Waals surface area contributed by atoms with E-state index < -0.39 is 0 Å². The zero-order valence-electron chi connectivity index (χ0n) is 13.6. The molecule has 1 aromatic carbocycles. The number of amides is 1. The fourth-order valence-corrected chi connectivity index (χ4v) is 2.49. The maximum Gasteiger partial charge on any atom is 0.248 e. The van der Waals surface area contributed by atoms with E-state index in [0.717, 1.165) is 41.3 Å². The molecule has 1 saturated carbocycles. The molecule has 0 radical (unpaired) electrons. The van der Waals surface area contributed by atoms with Crippen molar-refractivity contribution in [1.82, 2.24) is 9.97 Å². The fourth-order valence-electron chi connectivity index (χ4n) is 2.49. The summed E-state index contributed by atoms with van der Waals surface area (Å²) in [6.07, 6.45) is 10.7. The highest BCUT2D eigenvalue weighted by molar-refractivity contribution is 6.01. The molecule has 0 unspecified atom stereocenters. The van der Waals surface area contributed by atoms with Crippen LogP contribution in [0.5, 0.6) is 0 Å². The Morgan fingerprint density at radius 1 is 1.16 bits per heavy atom. The lowest BCUT2D eigenvalue weighted by Gasteiger charge is -2.03. The molecule has 5 nitrogen and oxygen atoms in total. The lowest BCUT2D eigenvalue weighted by atomic mass is 10.1. The summed E-state index contributed by atoms with van der Waals surface area (Å²) in [5.74, 6) is 1.90. The quantitative estimate of drug-likeness (QED) is 0.709. The standard InChI is InChI=1S/C20H17N3O2/c24-19(10-3-14-2-1-11-21-12-14)23-17-8-6-15(7-9-17)18-13-22-20(25-18)16-4-5-16/h1-3,6-13,16H,4-5H2,(H,23,24)/b10-3+. The molecule has 1 amide bonds. The minimum atomic E-state index is -0.188. The summed E-state index contributed by atoms with van der Waals surface area (Å²) in [5.41, 5.74) is 2.56. The smallest absolute Gasteiger partial charge is 0.248 e. The van der Waals surface area contributed by atoms with E-state index in [4.69, 9.17) is 4.42 Å². The van der Waals surface area contributed by atoms with Crippen molar-refractivity contribution in [3.63, 3.8) is 0 Å². The van der Waals surface area contributed by atoms with Gasteiger partial charge in [0.05, 0.1) is 6.20 Å². The van der Waals surface area contributed by atoms with Crippen LogP contribution in [-0.2, 0) is 4.79 Å². The van der Waals surface area contributed by atoms with Gasteiger partial charge in [0.25, 0.3) is 0 Å². The van der Waals surface area contributed by atoms with Crippen LogP contribution in [0.1, 0.15) is 30.2 Å². The molecule has 0 spiro atoms. The van der Waals surface area contributed by atoms with E-state index in [-0.39, 0.29) is 5.91 Å². The molecule has 2 aromatic heterocycles. The van der Waals surface area contributed by atoms with Gasteiger partial charge in [0.1, 0.15) is 0 Å². The van der Waals surface area contributed by atoms with E-state index in [0.29, 0.717) is 5.92 Å². The number of hydrogen-bond donors (Lipinski definition) is 1. The maximum atomic E-state index is 12.0. The topological polar surface area (TPSA) is 68.0 Å². The molecule has 5 heteroatoms. The van der Waals surface area contributed by atoms with Crippen molar-refractivity contribution in [2.75, 3.05) is 5.32 Å². The average Bonchev–Trinajstić information content (AvgIpc) is 3.39. The molecule has 0 bridgehead atoms. The maximum absolute atomic E-state index is 12.0. The Balaban J connectivity index is 1.39. The van der Waals surface area contributed by atoms with Gasteiger partial charge in [-0.1, -0.05) is 6.07 Å². The van der Waals surface area contributed by atoms with Crippen molar-refractivity contribution >= 4 is 17.7 Å². The number of nitrogens with one attached hydrogen (secondary N) is 1. The summed E-state index contributed by atoms with van der Waals surface area (Å²) in [4.78, 5) is 20.3. The van der Waals surface area contributed by atoms with Crippen molar-refractivity contribution < 1.29 is 9.21 Å². The Labute approximate surface area is 145 Å². The first-order valence-electron chi connectivity index (χ1n) is 8.23. The summed E-state index contributed by atoms with van der Waals surface area (Å²) < 4.78 is 5.79. The van der Waals surface area contributed by atoms with Crippen LogP contribution in [-0.4, -0.2) is 15.9 Å². The Morgan fingerprint density at radius 3 is 2.72 bits per heavy atom. The molecule has 0 aliphatic heterocycles. The third kappa shape index (κ3) is 3.83. The Kier molecular flexibility index (Phi) is 4.12. The zero-order chi connectivity index (χ0) is 17.1. The highest BCUT2D eigenvalue weighted by Gasteiger charge is 2.28. The second kappa shape index (κ2) is 6.73. The molecule has 1 N–H and O–H groups in total. The summed E-state index contributed by atoms with van der Waals surface area (Å²) in [5, 5.41) is 2.83. The molecule has 3 aromatic rings.